The summed E-state index contributed by atoms with van der Waals surface area (Å²) in [6.07, 6.45) is 2.67. The van der Waals surface area contributed by atoms with Gasteiger partial charge in [-0.3, -0.25) is 0 Å². The zero-order valence-corrected chi connectivity index (χ0v) is 14.6. The Bertz CT molecular complexity index is 622. The van der Waals surface area contributed by atoms with E-state index < -0.39 is 0 Å². The monoisotopic (exact) mass is 361 g/mol. The fraction of sp³-hybridized carbons (Fsp3) is 0.333. The fourth-order valence-electron chi connectivity index (χ4n) is 2.30. The van der Waals surface area contributed by atoms with Crippen LogP contribution in [0.25, 0.3) is 0 Å². The van der Waals surface area contributed by atoms with Gasteiger partial charge in [-0.15, -0.1) is 11.8 Å². The van der Waals surface area contributed by atoms with Gasteiger partial charge in [0.2, 0.25) is 0 Å². The van der Waals surface area contributed by atoms with Gasteiger partial charge < -0.3 is 5.32 Å². The molecular weight excluding hydrogens is 342 g/mol. The van der Waals surface area contributed by atoms with E-state index in [1.54, 1.807) is 0 Å². The van der Waals surface area contributed by atoms with Crippen molar-refractivity contribution in [2.24, 2.45) is 0 Å². The van der Waals surface area contributed by atoms with E-state index >= 15 is 0 Å². The van der Waals surface area contributed by atoms with E-state index in [0.29, 0.717) is 0 Å². The highest BCUT2D eigenvalue weighted by molar-refractivity contribution is 9.10. The molecule has 1 aliphatic rings. The first kappa shape index (κ1) is 15.1. The van der Waals surface area contributed by atoms with Crippen molar-refractivity contribution in [2.75, 3.05) is 0 Å². The van der Waals surface area contributed by atoms with Crippen LogP contribution in [0, 0.1) is 6.92 Å². The van der Waals surface area contributed by atoms with Gasteiger partial charge in [0.1, 0.15) is 0 Å². The van der Waals surface area contributed by atoms with Gasteiger partial charge in [0.05, 0.1) is 0 Å². The molecule has 1 N–H and O–H groups in total. The molecule has 1 saturated carbocycles. The minimum absolute atomic E-state index is 0.748. The van der Waals surface area contributed by atoms with Crippen LogP contribution in [0.2, 0.25) is 0 Å². The van der Waals surface area contributed by atoms with Gasteiger partial charge in [-0.25, -0.2) is 0 Å². The van der Waals surface area contributed by atoms with Crippen LogP contribution in [0.15, 0.2) is 51.8 Å². The Kier molecular flexibility index (Phi) is 5.04. The Hall–Kier alpha value is -0.770. The van der Waals surface area contributed by atoms with Crippen LogP contribution in [0.3, 0.4) is 0 Å². The van der Waals surface area contributed by atoms with E-state index in [1.807, 2.05) is 11.8 Å². The average molecular weight is 362 g/mol. The van der Waals surface area contributed by atoms with Crippen molar-refractivity contribution in [3.8, 4) is 0 Å². The van der Waals surface area contributed by atoms with E-state index in [9.17, 15) is 0 Å². The summed E-state index contributed by atoms with van der Waals surface area (Å²) in [5, 5.41) is 3.62. The normalized spacial score (nSPS) is 14.4. The van der Waals surface area contributed by atoms with Crippen molar-refractivity contribution >= 4 is 27.7 Å². The lowest BCUT2D eigenvalue weighted by Crippen LogP contribution is -2.15. The number of halogens is 1. The van der Waals surface area contributed by atoms with E-state index in [0.717, 1.165) is 22.8 Å². The summed E-state index contributed by atoms with van der Waals surface area (Å²) in [6, 6.07) is 16.0. The SMILES string of the molecule is Cc1ccccc1CSc1ccc(Br)cc1CNC1CC1. The third-order valence-electron chi connectivity index (χ3n) is 3.83. The molecule has 0 atom stereocenters. The highest BCUT2D eigenvalue weighted by atomic mass is 79.9. The van der Waals surface area contributed by atoms with Gasteiger partial charge in [0.25, 0.3) is 0 Å². The molecule has 0 amide bonds. The maximum absolute atomic E-state index is 3.62. The van der Waals surface area contributed by atoms with Crippen molar-refractivity contribution in [1.29, 1.82) is 0 Å². The zero-order chi connectivity index (χ0) is 14.7. The first-order valence-electron chi connectivity index (χ1n) is 7.41. The van der Waals surface area contributed by atoms with Crippen LogP contribution >= 0.6 is 27.7 Å². The second kappa shape index (κ2) is 6.99. The number of rotatable bonds is 6. The highest BCUT2D eigenvalue weighted by Gasteiger charge is 2.20. The van der Waals surface area contributed by atoms with Crippen molar-refractivity contribution < 1.29 is 0 Å². The lowest BCUT2D eigenvalue weighted by molar-refractivity contribution is 0.680. The Labute approximate surface area is 139 Å². The van der Waals surface area contributed by atoms with Crippen LogP contribution < -0.4 is 5.32 Å². The Balaban J connectivity index is 1.70. The minimum atomic E-state index is 0.748. The predicted molar refractivity (Wildman–Crippen MR) is 94.7 cm³/mol. The zero-order valence-electron chi connectivity index (χ0n) is 12.2. The summed E-state index contributed by atoms with van der Waals surface area (Å²) in [7, 11) is 0. The number of benzene rings is 2. The van der Waals surface area contributed by atoms with E-state index in [4.69, 9.17) is 0 Å². The number of hydrogen-bond donors (Lipinski definition) is 1. The molecule has 3 rings (SSSR count). The van der Waals surface area contributed by atoms with Crippen molar-refractivity contribution in [3.63, 3.8) is 0 Å². The first-order chi connectivity index (χ1) is 10.2. The Morgan fingerprint density at radius 2 is 1.95 bits per heavy atom. The summed E-state index contributed by atoms with van der Waals surface area (Å²) < 4.78 is 1.16. The van der Waals surface area contributed by atoms with Gasteiger partial charge in [-0.05, 0) is 54.7 Å². The standard InChI is InChI=1S/C18H20BrNS/c1-13-4-2-3-5-14(13)12-21-18-9-6-16(19)10-15(18)11-20-17-7-8-17/h2-6,9-10,17,20H,7-8,11-12H2,1H3. The van der Waals surface area contributed by atoms with Crippen LogP contribution in [0.5, 0.6) is 0 Å². The molecule has 21 heavy (non-hydrogen) atoms. The van der Waals surface area contributed by atoms with Crippen molar-refractivity contribution in [2.45, 2.75) is 43.0 Å². The molecule has 1 nitrogen and oxygen atoms in total. The molecule has 2 aromatic carbocycles. The second-order valence-corrected chi connectivity index (χ2v) is 7.56. The molecule has 0 heterocycles. The molecule has 0 radical (unpaired) electrons. The van der Waals surface area contributed by atoms with Gasteiger partial charge in [-0.1, -0.05) is 40.2 Å². The van der Waals surface area contributed by atoms with E-state index in [-0.39, 0.29) is 0 Å². The minimum Gasteiger partial charge on any atom is -0.310 e. The molecular formula is C18H20BrNS. The Morgan fingerprint density at radius 3 is 2.71 bits per heavy atom. The predicted octanol–water partition coefficient (Wildman–Crippen LogP) is 5.30. The topological polar surface area (TPSA) is 12.0 Å². The number of aryl methyl sites for hydroxylation is 1. The summed E-state index contributed by atoms with van der Waals surface area (Å²) in [4.78, 5) is 1.38. The number of nitrogens with one attached hydrogen (secondary N) is 1. The molecule has 1 aliphatic carbocycles. The number of thioether (sulfide) groups is 1. The van der Waals surface area contributed by atoms with Gasteiger partial charge >= 0.3 is 0 Å². The molecule has 110 valence electrons. The largest absolute Gasteiger partial charge is 0.310 e. The fourth-order valence-corrected chi connectivity index (χ4v) is 3.82. The van der Waals surface area contributed by atoms with Gasteiger partial charge in [0.15, 0.2) is 0 Å². The lowest BCUT2D eigenvalue weighted by Gasteiger charge is -2.12. The molecule has 0 unspecified atom stereocenters. The van der Waals surface area contributed by atoms with Gasteiger partial charge in [0, 0.05) is 27.7 Å². The molecule has 2 aromatic rings. The summed E-state index contributed by atoms with van der Waals surface area (Å²) in [5.74, 6) is 1.03. The quantitative estimate of drug-likeness (QED) is 0.700. The molecule has 0 bridgehead atoms. The van der Waals surface area contributed by atoms with Crippen LogP contribution in [-0.2, 0) is 12.3 Å². The van der Waals surface area contributed by atoms with E-state index in [1.165, 1.54) is 34.4 Å². The Morgan fingerprint density at radius 1 is 1.14 bits per heavy atom. The maximum atomic E-state index is 3.62. The molecule has 3 heteroatoms. The third kappa shape index (κ3) is 4.35. The molecule has 0 spiro atoms. The van der Waals surface area contributed by atoms with Crippen molar-refractivity contribution in [3.05, 3.63) is 63.6 Å². The summed E-state index contributed by atoms with van der Waals surface area (Å²) in [5.41, 5.74) is 4.20. The van der Waals surface area contributed by atoms with E-state index in [2.05, 4.69) is 70.6 Å². The van der Waals surface area contributed by atoms with Crippen molar-refractivity contribution in [1.82, 2.24) is 5.32 Å². The third-order valence-corrected chi connectivity index (χ3v) is 5.48. The molecule has 0 aromatic heterocycles. The second-order valence-electron chi connectivity index (χ2n) is 5.62. The molecule has 0 saturated heterocycles. The first-order valence-corrected chi connectivity index (χ1v) is 9.19. The lowest BCUT2D eigenvalue weighted by atomic mass is 10.1. The number of hydrogen-bond acceptors (Lipinski definition) is 2. The van der Waals surface area contributed by atoms with Gasteiger partial charge in [-0.2, -0.15) is 0 Å². The summed E-state index contributed by atoms with van der Waals surface area (Å²) in [6.45, 7) is 3.16. The van der Waals surface area contributed by atoms with Crippen LogP contribution in [0.4, 0.5) is 0 Å². The molecule has 0 aliphatic heterocycles. The molecule has 1 fully saturated rings. The average Bonchev–Trinajstić information content (AvgIpc) is 3.30. The smallest absolute Gasteiger partial charge is 0.0234 e. The van der Waals surface area contributed by atoms with Crippen LogP contribution in [0.1, 0.15) is 29.5 Å². The van der Waals surface area contributed by atoms with Crippen LogP contribution in [-0.4, -0.2) is 6.04 Å². The highest BCUT2D eigenvalue weighted by Crippen LogP contribution is 2.30. The maximum Gasteiger partial charge on any atom is 0.0234 e. The summed E-state index contributed by atoms with van der Waals surface area (Å²) >= 11 is 5.52.